The summed E-state index contributed by atoms with van der Waals surface area (Å²) in [4.78, 5) is 24.1. The highest BCUT2D eigenvalue weighted by molar-refractivity contribution is 9.14. The zero-order valence-corrected chi connectivity index (χ0v) is 14.1. The van der Waals surface area contributed by atoms with Gasteiger partial charge in [0.25, 0.3) is 0 Å². The summed E-state index contributed by atoms with van der Waals surface area (Å²) < 4.78 is 2.97. The first-order valence-corrected chi connectivity index (χ1v) is 8.19. The fourth-order valence-electron chi connectivity index (χ4n) is 3.11. The molecule has 1 heterocycles. The lowest BCUT2D eigenvalue weighted by Gasteiger charge is -2.39. The van der Waals surface area contributed by atoms with Gasteiger partial charge in [-0.05, 0) is 6.42 Å². The molecule has 2 saturated carbocycles. The molecule has 3 aliphatic rings. The molecule has 0 aromatic rings. The number of fused-ring (bicyclic) bond motifs is 5. The van der Waals surface area contributed by atoms with E-state index in [4.69, 9.17) is 4.74 Å². The number of hydrogen-bond acceptors (Lipinski definition) is 3. The summed E-state index contributed by atoms with van der Waals surface area (Å²) in [5.41, 5.74) is 0. The summed E-state index contributed by atoms with van der Waals surface area (Å²) in [7, 11) is 0. The smallest absolute Gasteiger partial charge is 0.332 e. The Morgan fingerprint density at radius 1 is 1.00 bits per heavy atom. The van der Waals surface area contributed by atoms with E-state index in [1.165, 1.54) is 0 Å². The van der Waals surface area contributed by atoms with Crippen molar-refractivity contribution >= 4 is 75.7 Å². The molecule has 0 unspecified atom stereocenters. The topological polar surface area (TPSA) is 43.4 Å². The van der Waals surface area contributed by atoms with Crippen molar-refractivity contribution < 1.29 is 14.3 Å². The Bertz CT molecular complexity index is 378. The van der Waals surface area contributed by atoms with Crippen LogP contribution < -0.4 is 0 Å². The van der Waals surface area contributed by atoms with Gasteiger partial charge in [0.15, 0.2) is 8.65 Å². The average Bonchev–Trinajstić information content (AvgIpc) is 2.70. The highest BCUT2D eigenvalue weighted by Crippen LogP contribution is 2.70. The summed E-state index contributed by atoms with van der Waals surface area (Å²) in [6.07, 6.45) is 0.823. The number of carbonyl (C=O) groups excluding carboxylic acids is 2. The minimum absolute atomic E-state index is 0.0557. The number of rotatable bonds is 0. The van der Waals surface area contributed by atoms with Gasteiger partial charge in [-0.3, -0.25) is 0 Å². The van der Waals surface area contributed by atoms with Crippen molar-refractivity contribution in [2.24, 2.45) is 11.8 Å². The third-order valence-electron chi connectivity index (χ3n) is 3.91. The van der Waals surface area contributed by atoms with Crippen molar-refractivity contribution in [2.45, 2.75) is 24.7 Å². The largest absolute Gasteiger partial charge is 0.391 e. The van der Waals surface area contributed by atoms with E-state index in [0.29, 0.717) is 0 Å². The quantitative estimate of drug-likeness (QED) is 0.303. The van der Waals surface area contributed by atoms with Crippen LogP contribution in [0.5, 0.6) is 0 Å². The Balaban J connectivity index is 2.20. The number of hydrogen-bond donors (Lipinski definition) is 0. The minimum atomic E-state index is -0.916. The van der Waals surface area contributed by atoms with Gasteiger partial charge in [0, 0.05) is 21.5 Å². The number of cyclic esters (lactones) is 2. The second kappa shape index (κ2) is 3.33. The third kappa shape index (κ3) is 1.02. The molecular weight excluding hydrogens is 476 g/mol. The summed E-state index contributed by atoms with van der Waals surface area (Å²) in [6, 6.07) is 0. The Morgan fingerprint density at radius 3 is 1.75 bits per heavy atom. The van der Waals surface area contributed by atoms with Gasteiger partial charge in [-0.25, -0.2) is 9.59 Å². The molecule has 0 amide bonds. The van der Waals surface area contributed by atoms with Crippen LogP contribution >= 0.6 is 63.7 Å². The lowest BCUT2D eigenvalue weighted by Crippen LogP contribution is -2.58. The molecule has 0 aromatic carbocycles. The standard InChI is InChI=1S/C9H6Br4O3/c10-4-2-1-3(5(4)11)9(13)7(15)16-6(14)8(2,9)12/h2-5H,1H2/t2-,3+,4+,5-,8+,9-. The highest BCUT2D eigenvalue weighted by atomic mass is 79.9. The molecule has 2 bridgehead atoms. The molecule has 6 atom stereocenters. The van der Waals surface area contributed by atoms with Crippen LogP contribution in [-0.2, 0) is 14.3 Å². The molecular formula is C9H6Br4O3. The molecule has 0 radical (unpaired) electrons. The first-order chi connectivity index (χ1) is 7.35. The van der Waals surface area contributed by atoms with E-state index >= 15 is 0 Å². The van der Waals surface area contributed by atoms with E-state index in [1.54, 1.807) is 0 Å². The molecule has 3 fully saturated rings. The molecule has 1 saturated heterocycles. The van der Waals surface area contributed by atoms with Crippen LogP contribution in [0.4, 0.5) is 0 Å². The summed E-state index contributed by atoms with van der Waals surface area (Å²) in [6.45, 7) is 0. The van der Waals surface area contributed by atoms with Gasteiger partial charge in [-0.15, -0.1) is 0 Å². The van der Waals surface area contributed by atoms with Crippen LogP contribution in [-0.4, -0.2) is 30.2 Å². The van der Waals surface area contributed by atoms with Crippen LogP contribution in [0.15, 0.2) is 0 Å². The van der Waals surface area contributed by atoms with Crippen molar-refractivity contribution in [3.63, 3.8) is 0 Å². The minimum Gasteiger partial charge on any atom is -0.391 e. The number of ether oxygens (including phenoxy) is 1. The molecule has 3 rings (SSSR count). The number of alkyl halides is 4. The Hall–Kier alpha value is 1.06. The zero-order chi connectivity index (χ0) is 11.9. The number of halogens is 4. The van der Waals surface area contributed by atoms with Crippen LogP contribution in [0, 0.1) is 11.8 Å². The Kier molecular flexibility index (Phi) is 2.52. The Morgan fingerprint density at radius 2 is 1.38 bits per heavy atom. The van der Waals surface area contributed by atoms with Crippen LogP contribution in [0.2, 0.25) is 0 Å². The van der Waals surface area contributed by atoms with Gasteiger partial charge < -0.3 is 4.74 Å². The fraction of sp³-hybridized carbons (Fsp3) is 0.778. The van der Waals surface area contributed by atoms with E-state index in [-0.39, 0.29) is 21.5 Å². The zero-order valence-electron chi connectivity index (χ0n) is 7.75. The molecule has 0 spiro atoms. The average molecular weight is 482 g/mol. The summed E-state index contributed by atoms with van der Waals surface area (Å²) >= 11 is 14.1. The normalized spacial score (nSPS) is 59.0. The second-order valence-electron chi connectivity index (χ2n) is 4.44. The summed E-state index contributed by atoms with van der Waals surface area (Å²) in [5, 5.41) is 0. The molecule has 1 aliphatic heterocycles. The molecule has 2 aliphatic carbocycles. The van der Waals surface area contributed by atoms with E-state index in [2.05, 4.69) is 63.7 Å². The first-order valence-electron chi connectivity index (χ1n) is 4.77. The monoisotopic (exact) mass is 478 g/mol. The van der Waals surface area contributed by atoms with Gasteiger partial charge in [0.2, 0.25) is 0 Å². The van der Waals surface area contributed by atoms with Gasteiger partial charge in [-0.1, -0.05) is 63.7 Å². The molecule has 7 heteroatoms. The molecule has 88 valence electrons. The SMILES string of the molecule is O=C1OC(=O)[C@]2(Br)[C@H]3C[C@H]([C@H](Br)[C@@H]3Br)[C@]12Br. The number of carbonyl (C=O) groups is 2. The van der Waals surface area contributed by atoms with Crippen LogP contribution in [0.25, 0.3) is 0 Å². The lowest BCUT2D eigenvalue weighted by molar-refractivity contribution is -0.153. The van der Waals surface area contributed by atoms with E-state index < -0.39 is 20.6 Å². The van der Waals surface area contributed by atoms with E-state index in [1.807, 2.05) is 0 Å². The van der Waals surface area contributed by atoms with Gasteiger partial charge in [-0.2, -0.15) is 0 Å². The Labute approximate surface area is 126 Å². The summed E-state index contributed by atoms with van der Waals surface area (Å²) in [5.74, 6) is -0.822. The fourth-order valence-corrected chi connectivity index (χ4v) is 7.80. The van der Waals surface area contributed by atoms with Crippen molar-refractivity contribution in [1.82, 2.24) is 0 Å². The molecule has 16 heavy (non-hydrogen) atoms. The predicted octanol–water partition coefficient (Wildman–Crippen LogP) is 2.51. The second-order valence-corrected chi connectivity index (χ2v) is 9.05. The third-order valence-corrected chi connectivity index (χ3v) is 10.6. The van der Waals surface area contributed by atoms with Gasteiger partial charge in [0.05, 0.1) is 0 Å². The van der Waals surface area contributed by atoms with Crippen LogP contribution in [0.3, 0.4) is 0 Å². The van der Waals surface area contributed by atoms with Crippen molar-refractivity contribution in [3.05, 3.63) is 0 Å². The van der Waals surface area contributed by atoms with Gasteiger partial charge in [0.1, 0.15) is 0 Å². The van der Waals surface area contributed by atoms with Gasteiger partial charge >= 0.3 is 11.9 Å². The maximum atomic E-state index is 11.9. The number of esters is 2. The molecule has 0 N–H and O–H groups in total. The van der Waals surface area contributed by atoms with E-state index in [0.717, 1.165) is 6.42 Å². The van der Waals surface area contributed by atoms with Crippen molar-refractivity contribution in [3.8, 4) is 0 Å². The molecule has 3 nitrogen and oxygen atoms in total. The first kappa shape index (κ1) is 12.1. The maximum Gasteiger partial charge on any atom is 0.332 e. The van der Waals surface area contributed by atoms with Crippen molar-refractivity contribution in [2.75, 3.05) is 0 Å². The predicted molar refractivity (Wildman–Crippen MR) is 71.4 cm³/mol. The van der Waals surface area contributed by atoms with E-state index in [9.17, 15) is 9.59 Å². The maximum absolute atomic E-state index is 11.9. The lowest BCUT2D eigenvalue weighted by atomic mass is 9.80. The van der Waals surface area contributed by atoms with Crippen molar-refractivity contribution in [1.29, 1.82) is 0 Å². The van der Waals surface area contributed by atoms with Crippen LogP contribution in [0.1, 0.15) is 6.42 Å². The highest BCUT2D eigenvalue weighted by Gasteiger charge is 2.82. The molecule has 0 aromatic heterocycles.